The Balaban J connectivity index is 1.56. The summed E-state index contributed by atoms with van der Waals surface area (Å²) in [5.41, 5.74) is 1.93. The van der Waals surface area contributed by atoms with Crippen LogP contribution in [0.25, 0.3) is 0 Å². The van der Waals surface area contributed by atoms with Crippen molar-refractivity contribution in [3.05, 3.63) is 45.4 Å². The van der Waals surface area contributed by atoms with Gasteiger partial charge in [0.15, 0.2) is 5.01 Å². The number of aromatic nitrogens is 1. The van der Waals surface area contributed by atoms with Crippen molar-refractivity contribution in [3.8, 4) is 5.75 Å². The first-order chi connectivity index (χ1) is 13.5. The number of methoxy groups -OCH3 is 1. The summed E-state index contributed by atoms with van der Waals surface area (Å²) in [5, 5.41) is 6.33. The van der Waals surface area contributed by atoms with Crippen LogP contribution >= 0.6 is 11.3 Å². The number of urea groups is 1. The molecule has 3 rings (SSSR count). The second-order valence-corrected chi connectivity index (χ2v) is 8.09. The van der Waals surface area contributed by atoms with E-state index in [2.05, 4.69) is 15.6 Å². The largest absolute Gasteiger partial charge is 0.497 e. The standard InChI is InChI=1S/C20H26N4O3S/c1-13(2)22-20(26)24-10-8-16-17(9-11-24)28-19(23-16)18(25)21-12-14-4-6-15(27-3)7-5-14/h4-7,13H,8-12H2,1-3H3,(H,21,25)(H,22,26). The zero-order valence-corrected chi connectivity index (χ0v) is 17.3. The lowest BCUT2D eigenvalue weighted by atomic mass is 10.2. The maximum Gasteiger partial charge on any atom is 0.317 e. The van der Waals surface area contributed by atoms with Crippen LogP contribution in [0.15, 0.2) is 24.3 Å². The first-order valence-corrected chi connectivity index (χ1v) is 10.2. The summed E-state index contributed by atoms with van der Waals surface area (Å²) < 4.78 is 5.14. The summed E-state index contributed by atoms with van der Waals surface area (Å²) in [4.78, 5) is 32.1. The predicted octanol–water partition coefficient (Wildman–Crippen LogP) is 2.60. The summed E-state index contributed by atoms with van der Waals surface area (Å²) >= 11 is 1.42. The molecule has 0 saturated carbocycles. The van der Waals surface area contributed by atoms with E-state index in [0.717, 1.165) is 28.3 Å². The molecule has 1 aliphatic heterocycles. The van der Waals surface area contributed by atoms with Crippen molar-refractivity contribution >= 4 is 23.3 Å². The van der Waals surface area contributed by atoms with Gasteiger partial charge < -0.3 is 20.3 Å². The number of thiazole rings is 1. The summed E-state index contributed by atoms with van der Waals surface area (Å²) in [7, 11) is 1.62. The summed E-state index contributed by atoms with van der Waals surface area (Å²) in [6, 6.07) is 7.66. The Kier molecular flexibility index (Phi) is 6.51. The van der Waals surface area contributed by atoms with Crippen LogP contribution in [0.2, 0.25) is 0 Å². The van der Waals surface area contributed by atoms with Crippen molar-refractivity contribution in [1.29, 1.82) is 0 Å². The summed E-state index contributed by atoms with van der Waals surface area (Å²) in [5.74, 6) is 0.623. The van der Waals surface area contributed by atoms with Gasteiger partial charge in [0.05, 0.1) is 12.8 Å². The fraction of sp³-hybridized carbons (Fsp3) is 0.450. The van der Waals surface area contributed by atoms with Gasteiger partial charge in [-0.3, -0.25) is 4.79 Å². The van der Waals surface area contributed by atoms with E-state index in [9.17, 15) is 9.59 Å². The molecule has 7 nitrogen and oxygen atoms in total. The number of fused-ring (bicyclic) bond motifs is 1. The molecule has 0 radical (unpaired) electrons. The van der Waals surface area contributed by atoms with Crippen LogP contribution in [0.1, 0.15) is 39.8 Å². The zero-order valence-electron chi connectivity index (χ0n) is 16.4. The molecule has 1 aromatic heterocycles. The number of ether oxygens (including phenoxy) is 1. The van der Waals surface area contributed by atoms with Crippen LogP contribution in [0, 0.1) is 0 Å². The molecule has 0 spiro atoms. The van der Waals surface area contributed by atoms with E-state index >= 15 is 0 Å². The highest BCUT2D eigenvalue weighted by Crippen LogP contribution is 2.23. The monoisotopic (exact) mass is 402 g/mol. The van der Waals surface area contributed by atoms with Gasteiger partial charge in [-0.2, -0.15) is 0 Å². The van der Waals surface area contributed by atoms with Gasteiger partial charge in [0, 0.05) is 43.4 Å². The Morgan fingerprint density at radius 1 is 1.21 bits per heavy atom. The van der Waals surface area contributed by atoms with Crippen molar-refractivity contribution in [2.24, 2.45) is 0 Å². The molecule has 3 amide bonds. The highest BCUT2D eigenvalue weighted by Gasteiger charge is 2.23. The third-order valence-corrected chi connectivity index (χ3v) is 5.67. The Bertz CT molecular complexity index is 807. The van der Waals surface area contributed by atoms with Gasteiger partial charge >= 0.3 is 6.03 Å². The van der Waals surface area contributed by atoms with Crippen molar-refractivity contribution in [3.63, 3.8) is 0 Å². The fourth-order valence-electron chi connectivity index (χ4n) is 3.00. The molecule has 2 aromatic rings. The highest BCUT2D eigenvalue weighted by atomic mass is 32.1. The molecule has 28 heavy (non-hydrogen) atoms. The first kappa shape index (κ1) is 20.1. The number of carbonyl (C=O) groups is 2. The molecule has 2 N–H and O–H groups in total. The van der Waals surface area contributed by atoms with Crippen molar-refractivity contribution in [2.45, 2.75) is 39.3 Å². The zero-order chi connectivity index (χ0) is 20.1. The SMILES string of the molecule is COc1ccc(CNC(=O)c2nc3c(s2)CCN(C(=O)NC(C)C)CC3)cc1. The molecular formula is C20H26N4O3S. The predicted molar refractivity (Wildman–Crippen MR) is 109 cm³/mol. The topological polar surface area (TPSA) is 83.6 Å². The second-order valence-electron chi connectivity index (χ2n) is 7.01. The number of amides is 3. The van der Waals surface area contributed by atoms with Gasteiger partial charge in [0.2, 0.25) is 0 Å². The van der Waals surface area contributed by atoms with Gasteiger partial charge in [-0.15, -0.1) is 11.3 Å². The van der Waals surface area contributed by atoms with Crippen LogP contribution in [-0.2, 0) is 19.4 Å². The van der Waals surface area contributed by atoms with Crippen LogP contribution in [0.3, 0.4) is 0 Å². The van der Waals surface area contributed by atoms with Crippen LogP contribution in [-0.4, -0.2) is 48.1 Å². The van der Waals surface area contributed by atoms with Crippen LogP contribution in [0.5, 0.6) is 5.75 Å². The molecule has 0 fully saturated rings. The lowest BCUT2D eigenvalue weighted by molar-refractivity contribution is 0.0950. The Hall–Kier alpha value is -2.61. The molecule has 2 heterocycles. The third-order valence-electron chi connectivity index (χ3n) is 4.51. The minimum Gasteiger partial charge on any atom is -0.497 e. The maximum absolute atomic E-state index is 12.5. The molecule has 1 aromatic carbocycles. The van der Waals surface area contributed by atoms with E-state index in [4.69, 9.17) is 4.74 Å². The molecule has 0 unspecified atom stereocenters. The van der Waals surface area contributed by atoms with Crippen molar-refractivity contribution in [2.75, 3.05) is 20.2 Å². The van der Waals surface area contributed by atoms with Crippen molar-refractivity contribution < 1.29 is 14.3 Å². The van der Waals surface area contributed by atoms with E-state index in [1.165, 1.54) is 11.3 Å². The number of rotatable bonds is 5. The molecule has 0 atom stereocenters. The van der Waals surface area contributed by atoms with Crippen LogP contribution < -0.4 is 15.4 Å². The Labute approximate surface area is 169 Å². The number of hydrogen-bond acceptors (Lipinski definition) is 5. The number of nitrogens with zero attached hydrogens (tertiary/aromatic N) is 2. The smallest absolute Gasteiger partial charge is 0.317 e. The number of carbonyl (C=O) groups excluding carboxylic acids is 2. The molecule has 8 heteroatoms. The average Bonchev–Trinajstić information content (AvgIpc) is 2.99. The molecule has 0 aliphatic carbocycles. The van der Waals surface area contributed by atoms with Gasteiger partial charge in [-0.25, -0.2) is 9.78 Å². The summed E-state index contributed by atoms with van der Waals surface area (Å²) in [6.45, 7) is 5.59. The fourth-order valence-corrected chi connectivity index (χ4v) is 4.02. The lowest BCUT2D eigenvalue weighted by Crippen LogP contribution is -2.44. The number of hydrogen-bond donors (Lipinski definition) is 2. The lowest BCUT2D eigenvalue weighted by Gasteiger charge is -2.22. The highest BCUT2D eigenvalue weighted by molar-refractivity contribution is 7.13. The minimum absolute atomic E-state index is 0.0392. The molecule has 1 aliphatic rings. The Morgan fingerprint density at radius 3 is 2.61 bits per heavy atom. The number of benzene rings is 1. The first-order valence-electron chi connectivity index (χ1n) is 9.41. The van der Waals surface area contributed by atoms with Gasteiger partial charge in [-0.05, 0) is 31.5 Å². The van der Waals surface area contributed by atoms with Gasteiger partial charge in [0.25, 0.3) is 5.91 Å². The molecule has 0 bridgehead atoms. The molecule has 0 saturated heterocycles. The van der Waals surface area contributed by atoms with Gasteiger partial charge in [0.1, 0.15) is 5.75 Å². The van der Waals surface area contributed by atoms with E-state index < -0.39 is 0 Å². The summed E-state index contributed by atoms with van der Waals surface area (Å²) in [6.07, 6.45) is 1.40. The van der Waals surface area contributed by atoms with Crippen LogP contribution in [0.4, 0.5) is 4.79 Å². The number of nitrogens with one attached hydrogen (secondary N) is 2. The second kappa shape index (κ2) is 9.05. The minimum atomic E-state index is -0.164. The average molecular weight is 403 g/mol. The van der Waals surface area contributed by atoms with E-state index in [0.29, 0.717) is 31.1 Å². The van der Waals surface area contributed by atoms with E-state index in [1.807, 2.05) is 43.0 Å². The molecule has 150 valence electrons. The quantitative estimate of drug-likeness (QED) is 0.805. The maximum atomic E-state index is 12.5. The van der Waals surface area contributed by atoms with E-state index in [1.54, 1.807) is 7.11 Å². The van der Waals surface area contributed by atoms with E-state index in [-0.39, 0.29) is 18.0 Å². The van der Waals surface area contributed by atoms with Crippen molar-refractivity contribution in [1.82, 2.24) is 20.5 Å². The van der Waals surface area contributed by atoms with Gasteiger partial charge in [-0.1, -0.05) is 12.1 Å². The Morgan fingerprint density at radius 2 is 1.93 bits per heavy atom. The third kappa shape index (κ3) is 5.01. The normalized spacial score (nSPS) is 13.6. The molecular weight excluding hydrogens is 376 g/mol.